The number of carbonyl (C=O) groups is 1. The first-order valence-electron chi connectivity index (χ1n) is 9.05. The molecule has 0 spiro atoms. The van der Waals surface area contributed by atoms with E-state index in [0.29, 0.717) is 23.7 Å². The summed E-state index contributed by atoms with van der Waals surface area (Å²) in [7, 11) is 1.80. The first-order chi connectivity index (χ1) is 12.4. The molecule has 0 saturated heterocycles. The smallest absolute Gasteiger partial charge is 0.325 e. The summed E-state index contributed by atoms with van der Waals surface area (Å²) >= 11 is 0. The van der Waals surface area contributed by atoms with E-state index < -0.39 is 11.2 Å². The van der Waals surface area contributed by atoms with Crippen LogP contribution < -0.4 is 11.2 Å². The number of aromatic nitrogens is 4. The largest absolute Gasteiger partial charge is 0.332 e. The molecule has 26 heavy (non-hydrogen) atoms. The summed E-state index contributed by atoms with van der Waals surface area (Å²) in [6, 6.07) is 1.76. The van der Waals surface area contributed by atoms with Gasteiger partial charge in [-0.1, -0.05) is 19.3 Å². The Labute approximate surface area is 151 Å². The molecule has 8 heteroatoms. The third-order valence-corrected chi connectivity index (χ3v) is 5.08. The van der Waals surface area contributed by atoms with Gasteiger partial charge >= 0.3 is 5.69 Å². The number of nitrogens with zero attached hydrogens (tertiary/aromatic N) is 3. The Bertz CT molecular complexity index is 869. The number of H-pyrrole nitrogens is 2. The van der Waals surface area contributed by atoms with Crippen LogP contribution in [0.4, 0.5) is 0 Å². The average molecular weight is 359 g/mol. The number of aromatic amines is 2. The van der Waals surface area contributed by atoms with Crippen LogP contribution in [0.3, 0.4) is 0 Å². The van der Waals surface area contributed by atoms with Crippen molar-refractivity contribution in [3.8, 4) is 0 Å². The van der Waals surface area contributed by atoms with Crippen molar-refractivity contribution in [2.45, 2.75) is 45.6 Å². The van der Waals surface area contributed by atoms with Crippen molar-refractivity contribution < 1.29 is 4.79 Å². The normalized spacial score (nSPS) is 15.2. The van der Waals surface area contributed by atoms with Gasteiger partial charge in [0.2, 0.25) is 0 Å². The Hall–Kier alpha value is -2.64. The van der Waals surface area contributed by atoms with Crippen molar-refractivity contribution >= 4 is 5.91 Å². The highest BCUT2D eigenvalue weighted by Gasteiger charge is 2.24. The minimum absolute atomic E-state index is 0.150. The van der Waals surface area contributed by atoms with E-state index >= 15 is 0 Å². The molecule has 3 rings (SSSR count). The number of rotatable bonds is 5. The maximum absolute atomic E-state index is 13.0. The molecule has 0 unspecified atom stereocenters. The highest BCUT2D eigenvalue weighted by Crippen LogP contribution is 2.25. The predicted molar refractivity (Wildman–Crippen MR) is 96.9 cm³/mol. The van der Waals surface area contributed by atoms with Gasteiger partial charge in [-0.3, -0.25) is 19.3 Å². The van der Waals surface area contributed by atoms with Gasteiger partial charge in [-0.2, -0.15) is 5.10 Å². The molecule has 1 fully saturated rings. The Morgan fingerprint density at radius 1 is 1.31 bits per heavy atom. The lowest BCUT2D eigenvalue weighted by Crippen LogP contribution is -2.38. The first-order valence-corrected chi connectivity index (χ1v) is 9.05. The van der Waals surface area contributed by atoms with Gasteiger partial charge in [0, 0.05) is 25.5 Å². The lowest BCUT2D eigenvalue weighted by molar-refractivity contribution is 0.0691. The van der Waals surface area contributed by atoms with E-state index in [4.69, 9.17) is 0 Å². The predicted octanol–water partition coefficient (Wildman–Crippen LogP) is 1.33. The Morgan fingerprint density at radius 3 is 2.65 bits per heavy atom. The molecule has 0 atom stereocenters. The molecule has 0 aliphatic heterocycles. The molecular formula is C18H25N5O3. The fourth-order valence-electron chi connectivity index (χ4n) is 3.49. The Kier molecular flexibility index (Phi) is 5.39. The number of nitrogens with one attached hydrogen (secondary N) is 2. The summed E-state index contributed by atoms with van der Waals surface area (Å²) in [5, 5.41) is 4.28. The van der Waals surface area contributed by atoms with Gasteiger partial charge < -0.3 is 9.88 Å². The molecule has 0 aromatic carbocycles. The lowest BCUT2D eigenvalue weighted by Gasteiger charge is -2.29. The standard InChI is InChI=1S/C18H25N5O3/c1-12-8-15(21-22(12)2)17(25)23(10-13-6-4-3-5-7-13)11-14-9-19-18(26)20-16(14)24/h8-9,13H,3-7,10-11H2,1-2H3,(H2,19,20,24,26). The molecule has 0 radical (unpaired) electrons. The molecule has 0 bridgehead atoms. The molecule has 1 saturated carbocycles. The fourth-order valence-corrected chi connectivity index (χ4v) is 3.49. The van der Waals surface area contributed by atoms with Crippen LogP contribution in [0.1, 0.15) is 53.8 Å². The molecular weight excluding hydrogens is 334 g/mol. The summed E-state index contributed by atoms with van der Waals surface area (Å²) < 4.78 is 1.67. The summed E-state index contributed by atoms with van der Waals surface area (Å²) in [6.07, 6.45) is 7.15. The molecule has 2 aromatic heterocycles. The van der Waals surface area contributed by atoms with E-state index in [1.54, 1.807) is 22.7 Å². The summed E-state index contributed by atoms with van der Waals surface area (Å²) in [4.78, 5) is 42.7. The molecule has 140 valence electrons. The molecule has 1 aliphatic carbocycles. The van der Waals surface area contributed by atoms with Gasteiger partial charge in [-0.25, -0.2) is 4.79 Å². The van der Waals surface area contributed by atoms with Crippen LogP contribution >= 0.6 is 0 Å². The number of carbonyl (C=O) groups excluding carboxylic acids is 1. The highest BCUT2D eigenvalue weighted by atomic mass is 16.2. The van der Waals surface area contributed by atoms with Crippen LogP contribution in [0.2, 0.25) is 0 Å². The Morgan fingerprint density at radius 2 is 2.04 bits per heavy atom. The monoisotopic (exact) mass is 359 g/mol. The van der Waals surface area contributed by atoms with E-state index in [0.717, 1.165) is 18.5 Å². The van der Waals surface area contributed by atoms with Gasteiger partial charge in [0.25, 0.3) is 11.5 Å². The van der Waals surface area contributed by atoms with Crippen LogP contribution in [0.15, 0.2) is 21.9 Å². The van der Waals surface area contributed by atoms with Crippen LogP contribution in [0.25, 0.3) is 0 Å². The highest BCUT2D eigenvalue weighted by molar-refractivity contribution is 5.92. The molecule has 2 aromatic rings. The number of aryl methyl sites for hydroxylation is 2. The van der Waals surface area contributed by atoms with Crippen molar-refractivity contribution in [3.05, 3.63) is 50.1 Å². The minimum Gasteiger partial charge on any atom is -0.332 e. The summed E-state index contributed by atoms with van der Waals surface area (Å²) in [6.45, 7) is 2.63. The van der Waals surface area contributed by atoms with Gasteiger partial charge in [0.1, 0.15) is 0 Å². The summed E-state index contributed by atoms with van der Waals surface area (Å²) in [5.74, 6) is 0.240. The van der Waals surface area contributed by atoms with E-state index in [2.05, 4.69) is 15.1 Å². The number of amides is 1. The van der Waals surface area contributed by atoms with Crippen molar-refractivity contribution in [2.75, 3.05) is 6.54 Å². The van der Waals surface area contributed by atoms with Crippen LogP contribution in [-0.4, -0.2) is 37.1 Å². The second-order valence-electron chi connectivity index (χ2n) is 7.08. The van der Waals surface area contributed by atoms with Gasteiger partial charge in [0.05, 0.1) is 12.1 Å². The Balaban J connectivity index is 1.85. The van der Waals surface area contributed by atoms with Crippen molar-refractivity contribution in [1.82, 2.24) is 24.6 Å². The zero-order valence-electron chi connectivity index (χ0n) is 15.2. The summed E-state index contributed by atoms with van der Waals surface area (Å²) in [5.41, 5.74) is 0.618. The lowest BCUT2D eigenvalue weighted by atomic mass is 9.89. The van der Waals surface area contributed by atoms with Crippen LogP contribution in [0, 0.1) is 12.8 Å². The van der Waals surface area contributed by atoms with Crippen LogP contribution in [-0.2, 0) is 13.6 Å². The van der Waals surface area contributed by atoms with Crippen molar-refractivity contribution in [1.29, 1.82) is 0 Å². The molecule has 1 amide bonds. The third kappa shape index (κ3) is 4.12. The van der Waals surface area contributed by atoms with Gasteiger partial charge in [-0.15, -0.1) is 0 Å². The molecule has 8 nitrogen and oxygen atoms in total. The minimum atomic E-state index is -0.552. The molecule has 1 aliphatic rings. The number of hydrogen-bond acceptors (Lipinski definition) is 4. The molecule has 2 heterocycles. The maximum Gasteiger partial charge on any atom is 0.325 e. The average Bonchev–Trinajstić information content (AvgIpc) is 2.96. The van der Waals surface area contributed by atoms with Crippen LogP contribution in [0.5, 0.6) is 0 Å². The van der Waals surface area contributed by atoms with E-state index in [9.17, 15) is 14.4 Å². The van der Waals surface area contributed by atoms with Crippen molar-refractivity contribution in [2.24, 2.45) is 13.0 Å². The zero-order chi connectivity index (χ0) is 18.7. The van der Waals surface area contributed by atoms with Gasteiger partial charge in [-0.05, 0) is 31.7 Å². The fraction of sp³-hybridized carbons (Fsp3) is 0.556. The van der Waals surface area contributed by atoms with Gasteiger partial charge in [0.15, 0.2) is 5.69 Å². The maximum atomic E-state index is 13.0. The zero-order valence-corrected chi connectivity index (χ0v) is 15.2. The first kappa shape index (κ1) is 18.2. The second kappa shape index (κ2) is 7.72. The SMILES string of the molecule is Cc1cc(C(=O)N(Cc2c[nH]c(=O)[nH]c2=O)CC2CCCCC2)nn1C. The van der Waals surface area contributed by atoms with E-state index in [1.165, 1.54) is 25.5 Å². The quantitative estimate of drug-likeness (QED) is 0.840. The molecule has 2 N–H and O–H groups in total. The van der Waals surface area contributed by atoms with E-state index in [-0.39, 0.29) is 12.5 Å². The van der Waals surface area contributed by atoms with Crippen molar-refractivity contribution in [3.63, 3.8) is 0 Å². The topological polar surface area (TPSA) is 104 Å². The van der Waals surface area contributed by atoms with E-state index in [1.807, 2.05) is 6.92 Å². The third-order valence-electron chi connectivity index (χ3n) is 5.08. The number of hydrogen-bond donors (Lipinski definition) is 2. The second-order valence-corrected chi connectivity index (χ2v) is 7.08.